The maximum absolute atomic E-state index is 12.9. The van der Waals surface area contributed by atoms with Crippen LogP contribution in [-0.4, -0.2) is 37.9 Å². The van der Waals surface area contributed by atoms with Crippen LogP contribution >= 0.6 is 0 Å². The Balaban J connectivity index is 1.54. The molecule has 27 heavy (non-hydrogen) atoms. The van der Waals surface area contributed by atoms with Crippen molar-refractivity contribution < 1.29 is 22.4 Å². The largest absolute Gasteiger partial charge is 0.334 e. The predicted octanol–water partition coefficient (Wildman–Crippen LogP) is 2.39. The highest BCUT2D eigenvalue weighted by Crippen LogP contribution is 2.14. The first-order valence-corrected chi connectivity index (χ1v) is 10.1. The van der Waals surface area contributed by atoms with Crippen LogP contribution in [0.5, 0.6) is 0 Å². The van der Waals surface area contributed by atoms with Crippen LogP contribution in [0.2, 0.25) is 0 Å². The van der Waals surface area contributed by atoms with Gasteiger partial charge in [0.05, 0.1) is 11.5 Å². The molecule has 0 bridgehead atoms. The number of carbonyl (C=O) groups excluding carboxylic acids is 2. The number of rotatable bonds is 4. The average Bonchev–Trinajstić information content (AvgIpc) is 2.96. The predicted molar refractivity (Wildman–Crippen MR) is 100 cm³/mol. The third-order valence-corrected chi connectivity index (χ3v) is 5.84. The smallest absolute Gasteiger partial charge is 0.319 e. The van der Waals surface area contributed by atoms with E-state index in [0.717, 1.165) is 0 Å². The second kappa shape index (κ2) is 7.75. The highest BCUT2D eigenvalue weighted by Gasteiger charge is 2.28. The summed E-state index contributed by atoms with van der Waals surface area (Å²) in [6, 6.07) is 10.7. The van der Waals surface area contributed by atoms with Gasteiger partial charge in [-0.3, -0.25) is 4.79 Å². The molecule has 1 aliphatic heterocycles. The molecule has 2 aromatic carbocycles. The number of halogens is 1. The van der Waals surface area contributed by atoms with Crippen LogP contribution in [0.3, 0.4) is 0 Å². The fraction of sp³-hybridized carbons (Fsp3) is 0.222. The van der Waals surface area contributed by atoms with Gasteiger partial charge >= 0.3 is 6.03 Å². The lowest BCUT2D eigenvalue weighted by Gasteiger charge is -2.12. The van der Waals surface area contributed by atoms with Crippen molar-refractivity contribution in [1.29, 1.82) is 0 Å². The van der Waals surface area contributed by atoms with E-state index in [1.54, 1.807) is 12.1 Å². The number of nitrogens with one attached hydrogen (secondary N) is 3. The van der Waals surface area contributed by atoms with Crippen LogP contribution in [0.1, 0.15) is 16.8 Å². The van der Waals surface area contributed by atoms with Gasteiger partial charge in [0, 0.05) is 23.0 Å². The molecule has 7 nitrogen and oxygen atoms in total. The molecular weight excluding hydrogens is 373 g/mol. The van der Waals surface area contributed by atoms with Crippen LogP contribution in [0.4, 0.5) is 20.6 Å². The van der Waals surface area contributed by atoms with Gasteiger partial charge in [0.25, 0.3) is 5.91 Å². The van der Waals surface area contributed by atoms with E-state index in [1.165, 1.54) is 36.4 Å². The van der Waals surface area contributed by atoms with Gasteiger partial charge in [-0.05, 0) is 55.0 Å². The van der Waals surface area contributed by atoms with E-state index in [0.29, 0.717) is 23.4 Å². The molecule has 1 saturated heterocycles. The van der Waals surface area contributed by atoms with E-state index in [-0.39, 0.29) is 17.4 Å². The molecule has 1 aliphatic rings. The van der Waals surface area contributed by atoms with E-state index < -0.39 is 27.7 Å². The zero-order valence-electron chi connectivity index (χ0n) is 14.2. The van der Waals surface area contributed by atoms with Crippen molar-refractivity contribution >= 4 is 33.2 Å². The Morgan fingerprint density at radius 3 is 2.11 bits per heavy atom. The Hall–Kier alpha value is -2.94. The molecule has 1 heterocycles. The summed E-state index contributed by atoms with van der Waals surface area (Å²) in [6.07, 6.45) is 0.401. The Morgan fingerprint density at radius 2 is 1.52 bits per heavy atom. The first kappa shape index (κ1) is 18.8. The molecule has 0 saturated carbocycles. The Labute approximate surface area is 155 Å². The quantitative estimate of drug-likeness (QED) is 0.744. The van der Waals surface area contributed by atoms with Crippen molar-refractivity contribution in [1.82, 2.24) is 5.32 Å². The van der Waals surface area contributed by atoms with Crippen LogP contribution in [0, 0.1) is 5.82 Å². The molecule has 1 fully saturated rings. The van der Waals surface area contributed by atoms with Gasteiger partial charge in [0.1, 0.15) is 5.82 Å². The molecular formula is C18H18FN3O4S. The lowest BCUT2D eigenvalue weighted by Crippen LogP contribution is -2.38. The van der Waals surface area contributed by atoms with E-state index >= 15 is 0 Å². The van der Waals surface area contributed by atoms with Crippen LogP contribution in [-0.2, 0) is 9.84 Å². The monoisotopic (exact) mass is 391 g/mol. The minimum Gasteiger partial charge on any atom is -0.334 e. The third-order valence-electron chi connectivity index (χ3n) is 4.07. The standard InChI is InChI=1S/C18H18FN3O4S/c19-13-3-7-14(8-4-13)20-17(23)12-1-5-15(6-2-12)21-18(24)22-16-9-10-27(25,26)11-16/h1-8,16H,9-11H2,(H,20,23)(H2,21,22,24)/t16-/m0/s1. The van der Waals surface area contributed by atoms with Crippen LogP contribution in [0.25, 0.3) is 0 Å². The number of amides is 3. The molecule has 3 amide bonds. The minimum atomic E-state index is -3.07. The lowest BCUT2D eigenvalue weighted by atomic mass is 10.2. The minimum absolute atomic E-state index is 0.0527. The zero-order chi connectivity index (χ0) is 19.4. The fourth-order valence-electron chi connectivity index (χ4n) is 2.70. The molecule has 142 valence electrons. The first-order valence-electron chi connectivity index (χ1n) is 8.26. The summed E-state index contributed by atoms with van der Waals surface area (Å²) < 4.78 is 35.7. The molecule has 9 heteroatoms. The Morgan fingerprint density at radius 1 is 0.926 bits per heavy atom. The summed E-state index contributed by atoms with van der Waals surface area (Å²) >= 11 is 0. The number of hydrogen-bond acceptors (Lipinski definition) is 4. The summed E-state index contributed by atoms with van der Waals surface area (Å²) in [5.41, 5.74) is 1.30. The maximum Gasteiger partial charge on any atom is 0.319 e. The van der Waals surface area contributed by atoms with Crippen molar-refractivity contribution in [2.24, 2.45) is 0 Å². The third kappa shape index (κ3) is 5.27. The molecule has 0 radical (unpaired) electrons. The number of urea groups is 1. The van der Waals surface area contributed by atoms with Gasteiger partial charge in [-0.25, -0.2) is 17.6 Å². The number of hydrogen-bond donors (Lipinski definition) is 3. The molecule has 0 aliphatic carbocycles. The van der Waals surface area contributed by atoms with Gasteiger partial charge < -0.3 is 16.0 Å². The van der Waals surface area contributed by atoms with Crippen molar-refractivity contribution in [3.8, 4) is 0 Å². The van der Waals surface area contributed by atoms with Crippen molar-refractivity contribution in [2.75, 3.05) is 22.1 Å². The second-order valence-corrected chi connectivity index (χ2v) is 8.47. The highest BCUT2D eigenvalue weighted by molar-refractivity contribution is 7.91. The molecule has 0 spiro atoms. The van der Waals surface area contributed by atoms with E-state index in [9.17, 15) is 22.4 Å². The summed E-state index contributed by atoms with van der Waals surface area (Å²) in [5.74, 6) is -0.732. The van der Waals surface area contributed by atoms with Gasteiger partial charge in [-0.1, -0.05) is 0 Å². The molecule has 3 rings (SSSR count). The molecule has 2 aromatic rings. The molecule has 1 atom stereocenters. The van der Waals surface area contributed by atoms with E-state index in [2.05, 4.69) is 16.0 Å². The van der Waals surface area contributed by atoms with Gasteiger partial charge in [0.2, 0.25) is 0 Å². The van der Waals surface area contributed by atoms with E-state index in [1.807, 2.05) is 0 Å². The molecule has 0 aromatic heterocycles. The van der Waals surface area contributed by atoms with Crippen molar-refractivity contribution in [3.63, 3.8) is 0 Å². The summed E-state index contributed by atoms with van der Waals surface area (Å²) in [6.45, 7) is 0. The number of carbonyl (C=O) groups is 2. The number of sulfone groups is 1. The molecule has 0 unspecified atom stereocenters. The van der Waals surface area contributed by atoms with Crippen molar-refractivity contribution in [2.45, 2.75) is 12.5 Å². The zero-order valence-corrected chi connectivity index (χ0v) is 15.1. The number of anilines is 2. The second-order valence-electron chi connectivity index (χ2n) is 6.24. The summed E-state index contributed by atoms with van der Waals surface area (Å²) in [7, 11) is -3.07. The normalized spacial score (nSPS) is 17.9. The average molecular weight is 391 g/mol. The first-order chi connectivity index (χ1) is 12.8. The van der Waals surface area contributed by atoms with Gasteiger partial charge in [-0.2, -0.15) is 0 Å². The molecule has 3 N–H and O–H groups in total. The summed E-state index contributed by atoms with van der Waals surface area (Å²) in [4.78, 5) is 24.1. The van der Waals surface area contributed by atoms with Crippen LogP contribution < -0.4 is 16.0 Å². The highest BCUT2D eigenvalue weighted by atomic mass is 32.2. The summed E-state index contributed by atoms with van der Waals surface area (Å²) in [5, 5.41) is 7.86. The van der Waals surface area contributed by atoms with Crippen LogP contribution in [0.15, 0.2) is 48.5 Å². The SMILES string of the molecule is O=C(Nc1ccc(C(=O)Nc2ccc(F)cc2)cc1)N[C@H]1CCS(=O)(=O)C1. The Kier molecular flexibility index (Phi) is 5.41. The Bertz CT molecular complexity index is 944. The lowest BCUT2D eigenvalue weighted by molar-refractivity contribution is 0.102. The van der Waals surface area contributed by atoms with Gasteiger partial charge in [-0.15, -0.1) is 0 Å². The topological polar surface area (TPSA) is 104 Å². The van der Waals surface area contributed by atoms with Crippen molar-refractivity contribution in [3.05, 3.63) is 59.9 Å². The maximum atomic E-state index is 12.9. The fourth-order valence-corrected chi connectivity index (χ4v) is 4.38. The number of benzene rings is 2. The van der Waals surface area contributed by atoms with E-state index in [4.69, 9.17) is 0 Å². The van der Waals surface area contributed by atoms with Gasteiger partial charge in [0.15, 0.2) is 9.84 Å².